The fraction of sp³-hybridized carbons (Fsp3) is 0.857. The van der Waals surface area contributed by atoms with Gasteiger partial charge in [-0.15, -0.1) is 11.6 Å². The SMILES string of the molecule is CO[C@@H](C)CCOC(=O)CCl. The molecule has 0 heterocycles. The van der Waals surface area contributed by atoms with Gasteiger partial charge in [-0.2, -0.15) is 0 Å². The Labute approximate surface area is 71.6 Å². The van der Waals surface area contributed by atoms with E-state index in [1.54, 1.807) is 7.11 Å². The predicted octanol–water partition coefficient (Wildman–Crippen LogP) is 1.19. The number of hydrogen-bond donors (Lipinski definition) is 0. The third kappa shape index (κ3) is 6.13. The van der Waals surface area contributed by atoms with Crippen LogP contribution in [0, 0.1) is 0 Å². The van der Waals surface area contributed by atoms with Crippen LogP contribution >= 0.6 is 11.6 Å². The van der Waals surface area contributed by atoms with Crippen LogP contribution in [0.5, 0.6) is 0 Å². The standard InChI is InChI=1S/C7H13ClO3/c1-6(10-2)3-4-11-7(9)5-8/h6H,3-5H2,1-2H3/t6-/m0/s1. The number of rotatable bonds is 5. The van der Waals surface area contributed by atoms with E-state index in [4.69, 9.17) is 21.1 Å². The monoisotopic (exact) mass is 180 g/mol. The Morgan fingerprint density at radius 3 is 2.73 bits per heavy atom. The zero-order valence-electron chi connectivity index (χ0n) is 6.80. The highest BCUT2D eigenvalue weighted by molar-refractivity contribution is 6.26. The highest BCUT2D eigenvalue weighted by Crippen LogP contribution is 1.95. The van der Waals surface area contributed by atoms with Gasteiger partial charge in [-0.1, -0.05) is 0 Å². The number of carbonyl (C=O) groups excluding carboxylic acids is 1. The molecule has 1 atom stereocenters. The van der Waals surface area contributed by atoms with Gasteiger partial charge in [0.2, 0.25) is 0 Å². The maximum absolute atomic E-state index is 10.5. The Balaban J connectivity index is 3.20. The average molecular weight is 181 g/mol. The van der Waals surface area contributed by atoms with E-state index in [2.05, 4.69) is 0 Å². The summed E-state index contributed by atoms with van der Waals surface area (Å²) in [6, 6.07) is 0. The summed E-state index contributed by atoms with van der Waals surface area (Å²) in [7, 11) is 1.62. The fourth-order valence-electron chi connectivity index (χ4n) is 0.495. The third-order valence-corrected chi connectivity index (χ3v) is 1.52. The maximum Gasteiger partial charge on any atom is 0.320 e. The number of ether oxygens (including phenoxy) is 2. The molecule has 0 aromatic carbocycles. The third-order valence-electron chi connectivity index (χ3n) is 1.30. The summed E-state index contributed by atoms with van der Waals surface area (Å²) in [6.07, 6.45) is 0.831. The van der Waals surface area contributed by atoms with E-state index < -0.39 is 0 Å². The Kier molecular flexibility index (Phi) is 6.27. The van der Waals surface area contributed by atoms with Gasteiger partial charge in [-0.25, -0.2) is 0 Å². The molecule has 0 N–H and O–H groups in total. The van der Waals surface area contributed by atoms with Gasteiger partial charge in [0.15, 0.2) is 0 Å². The first-order valence-corrected chi connectivity index (χ1v) is 3.98. The lowest BCUT2D eigenvalue weighted by molar-refractivity contribution is -0.141. The Morgan fingerprint density at radius 1 is 1.64 bits per heavy atom. The summed E-state index contributed by atoms with van der Waals surface area (Å²) in [5.41, 5.74) is 0. The van der Waals surface area contributed by atoms with Gasteiger partial charge in [0.25, 0.3) is 0 Å². The molecule has 0 radical (unpaired) electrons. The van der Waals surface area contributed by atoms with E-state index in [-0.39, 0.29) is 18.0 Å². The van der Waals surface area contributed by atoms with Gasteiger partial charge >= 0.3 is 5.97 Å². The molecule has 0 rings (SSSR count). The molecule has 3 nitrogen and oxygen atoms in total. The molecule has 0 aliphatic rings. The van der Waals surface area contributed by atoms with Gasteiger partial charge in [-0.05, 0) is 6.92 Å². The first-order valence-electron chi connectivity index (χ1n) is 3.45. The molecule has 0 saturated carbocycles. The van der Waals surface area contributed by atoms with E-state index in [0.717, 1.165) is 0 Å². The van der Waals surface area contributed by atoms with Gasteiger partial charge in [-0.3, -0.25) is 4.79 Å². The van der Waals surface area contributed by atoms with Crippen molar-refractivity contribution in [2.24, 2.45) is 0 Å². The van der Waals surface area contributed by atoms with E-state index in [1.807, 2.05) is 6.92 Å². The smallest absolute Gasteiger partial charge is 0.320 e. The summed E-state index contributed by atoms with van der Waals surface area (Å²) in [5, 5.41) is 0. The molecule has 0 aliphatic heterocycles. The molecule has 0 saturated heterocycles. The van der Waals surface area contributed by atoms with Crippen LogP contribution in [0.25, 0.3) is 0 Å². The van der Waals surface area contributed by atoms with Gasteiger partial charge in [0, 0.05) is 13.5 Å². The summed E-state index contributed by atoms with van der Waals surface area (Å²) in [5.74, 6) is -0.462. The molecule has 0 fully saturated rings. The lowest BCUT2D eigenvalue weighted by atomic mass is 10.3. The summed E-state index contributed by atoms with van der Waals surface area (Å²) >= 11 is 5.20. The average Bonchev–Trinajstić information content (AvgIpc) is 2.04. The van der Waals surface area contributed by atoms with Gasteiger partial charge < -0.3 is 9.47 Å². The molecule has 0 aliphatic carbocycles. The first-order chi connectivity index (χ1) is 5.20. The fourth-order valence-corrected chi connectivity index (χ4v) is 0.572. The summed E-state index contributed by atoms with van der Waals surface area (Å²) < 4.78 is 9.65. The minimum Gasteiger partial charge on any atom is -0.465 e. The van der Waals surface area contributed by atoms with Crippen LogP contribution in [0.3, 0.4) is 0 Å². The van der Waals surface area contributed by atoms with Crippen LogP contribution in [-0.4, -0.2) is 31.7 Å². The summed E-state index contributed by atoms with van der Waals surface area (Å²) in [4.78, 5) is 10.5. The topological polar surface area (TPSA) is 35.5 Å². The highest BCUT2D eigenvalue weighted by atomic mass is 35.5. The number of esters is 1. The number of halogens is 1. The Hall–Kier alpha value is -0.280. The number of carbonyl (C=O) groups is 1. The van der Waals surface area contributed by atoms with Crippen LogP contribution in [0.4, 0.5) is 0 Å². The molecule has 0 aromatic rings. The quantitative estimate of drug-likeness (QED) is 0.471. The first kappa shape index (κ1) is 10.7. The normalized spacial score (nSPS) is 12.6. The lowest BCUT2D eigenvalue weighted by Crippen LogP contribution is -2.13. The molecule has 0 spiro atoms. The lowest BCUT2D eigenvalue weighted by Gasteiger charge is -2.08. The van der Waals surface area contributed by atoms with Crippen molar-refractivity contribution in [1.82, 2.24) is 0 Å². The molecule has 0 amide bonds. The largest absolute Gasteiger partial charge is 0.465 e. The van der Waals surface area contributed by atoms with Crippen molar-refractivity contribution in [3.63, 3.8) is 0 Å². The van der Waals surface area contributed by atoms with Crippen LogP contribution in [-0.2, 0) is 14.3 Å². The van der Waals surface area contributed by atoms with Crippen molar-refractivity contribution in [1.29, 1.82) is 0 Å². The number of methoxy groups -OCH3 is 1. The van der Waals surface area contributed by atoms with Crippen molar-refractivity contribution in [2.75, 3.05) is 19.6 Å². The minimum atomic E-state index is -0.380. The number of hydrogen-bond acceptors (Lipinski definition) is 3. The molecular formula is C7H13ClO3. The van der Waals surface area contributed by atoms with Crippen LogP contribution in [0.15, 0.2) is 0 Å². The van der Waals surface area contributed by atoms with Crippen molar-refractivity contribution in [2.45, 2.75) is 19.4 Å². The van der Waals surface area contributed by atoms with Crippen molar-refractivity contribution >= 4 is 17.6 Å². The predicted molar refractivity (Wildman–Crippen MR) is 42.8 cm³/mol. The van der Waals surface area contributed by atoms with Gasteiger partial charge in [0.1, 0.15) is 5.88 Å². The zero-order chi connectivity index (χ0) is 8.69. The van der Waals surface area contributed by atoms with Crippen LogP contribution in [0.1, 0.15) is 13.3 Å². The molecular weight excluding hydrogens is 168 g/mol. The highest BCUT2D eigenvalue weighted by Gasteiger charge is 2.02. The van der Waals surface area contributed by atoms with Crippen molar-refractivity contribution < 1.29 is 14.3 Å². The van der Waals surface area contributed by atoms with Crippen LogP contribution in [0.2, 0.25) is 0 Å². The second kappa shape index (κ2) is 6.43. The molecule has 0 aromatic heterocycles. The number of alkyl halides is 1. The van der Waals surface area contributed by atoms with Crippen molar-refractivity contribution in [3.05, 3.63) is 0 Å². The maximum atomic E-state index is 10.5. The summed E-state index contributed by atoms with van der Waals surface area (Å²) in [6.45, 7) is 2.29. The van der Waals surface area contributed by atoms with Crippen molar-refractivity contribution in [3.8, 4) is 0 Å². The second-order valence-electron chi connectivity index (χ2n) is 2.19. The molecule has 0 bridgehead atoms. The molecule has 66 valence electrons. The van der Waals surface area contributed by atoms with Crippen LogP contribution < -0.4 is 0 Å². The van der Waals surface area contributed by atoms with Gasteiger partial charge in [0.05, 0.1) is 12.7 Å². The van der Waals surface area contributed by atoms with E-state index in [1.165, 1.54) is 0 Å². The molecule has 11 heavy (non-hydrogen) atoms. The second-order valence-corrected chi connectivity index (χ2v) is 2.46. The zero-order valence-corrected chi connectivity index (χ0v) is 7.56. The Morgan fingerprint density at radius 2 is 2.27 bits per heavy atom. The Bertz CT molecular complexity index is 116. The van der Waals surface area contributed by atoms with E-state index in [0.29, 0.717) is 13.0 Å². The van der Waals surface area contributed by atoms with E-state index in [9.17, 15) is 4.79 Å². The van der Waals surface area contributed by atoms with E-state index >= 15 is 0 Å². The molecule has 0 unspecified atom stereocenters. The minimum absolute atomic E-state index is 0.0820. The molecule has 4 heteroatoms.